The van der Waals surface area contributed by atoms with Crippen molar-refractivity contribution in [3.05, 3.63) is 32.9 Å². The van der Waals surface area contributed by atoms with E-state index in [1.54, 1.807) is 22.6 Å². The second-order valence-electron chi connectivity index (χ2n) is 2.84. The molecule has 1 heterocycles. The van der Waals surface area contributed by atoms with Crippen molar-refractivity contribution in [2.24, 2.45) is 0 Å². The lowest BCUT2D eigenvalue weighted by molar-refractivity contribution is -0.0468. The Hall–Kier alpha value is -0.270. The summed E-state index contributed by atoms with van der Waals surface area (Å²) in [5.74, 6) is -1.73. The summed E-state index contributed by atoms with van der Waals surface area (Å²) in [4.78, 5) is 0. The van der Waals surface area contributed by atoms with Gasteiger partial charge in [0.1, 0.15) is 0 Å². The summed E-state index contributed by atoms with van der Waals surface area (Å²) in [6.07, 6.45) is -0.763. The summed E-state index contributed by atoms with van der Waals surface area (Å²) in [7, 11) is 0. The van der Waals surface area contributed by atoms with Crippen LogP contribution in [0.25, 0.3) is 0 Å². The molecule has 1 aromatic rings. The lowest BCUT2D eigenvalue weighted by atomic mass is 10.2. The lowest BCUT2D eigenvalue weighted by Crippen LogP contribution is -2.04. The lowest BCUT2D eigenvalue weighted by Gasteiger charge is -2.10. The Morgan fingerprint density at radius 3 is 2.43 bits per heavy atom. The maximum Gasteiger partial charge on any atom is 0.186 e. The maximum atomic E-state index is 13.4. The number of hydrogen-bond acceptors (Lipinski definition) is 2. The molecular formula is C9H7F2IO2. The zero-order valence-corrected chi connectivity index (χ0v) is 9.25. The van der Waals surface area contributed by atoms with Crippen LogP contribution in [0.1, 0.15) is 11.9 Å². The van der Waals surface area contributed by atoms with Crippen LogP contribution < -0.4 is 0 Å². The van der Waals surface area contributed by atoms with E-state index in [2.05, 4.69) is 0 Å². The van der Waals surface area contributed by atoms with Gasteiger partial charge in [0, 0.05) is 5.56 Å². The van der Waals surface area contributed by atoms with Crippen molar-refractivity contribution in [1.82, 2.24) is 0 Å². The van der Waals surface area contributed by atoms with Crippen LogP contribution in [0.15, 0.2) is 12.1 Å². The summed E-state index contributed by atoms with van der Waals surface area (Å²) >= 11 is 1.73. The molecule has 0 spiro atoms. The van der Waals surface area contributed by atoms with Gasteiger partial charge >= 0.3 is 0 Å². The van der Waals surface area contributed by atoms with Crippen LogP contribution in [0, 0.1) is 15.2 Å². The summed E-state index contributed by atoms with van der Waals surface area (Å²) < 4.78 is 36.9. The van der Waals surface area contributed by atoms with E-state index < -0.39 is 17.9 Å². The SMILES string of the molecule is Fc1c(I)ccc(C2OCCO2)c1F. The third-order valence-corrected chi connectivity index (χ3v) is 2.77. The molecule has 0 amide bonds. The zero-order chi connectivity index (χ0) is 10.1. The molecule has 0 unspecified atom stereocenters. The van der Waals surface area contributed by atoms with Gasteiger partial charge in [-0.25, -0.2) is 8.78 Å². The monoisotopic (exact) mass is 312 g/mol. The van der Waals surface area contributed by atoms with E-state index in [1.807, 2.05) is 0 Å². The molecule has 2 rings (SSSR count). The molecule has 5 heteroatoms. The predicted molar refractivity (Wildman–Crippen MR) is 53.7 cm³/mol. The summed E-state index contributed by atoms with van der Waals surface area (Å²) in [6, 6.07) is 2.98. The molecule has 1 aliphatic heterocycles. The Morgan fingerprint density at radius 2 is 1.79 bits per heavy atom. The molecule has 1 saturated heterocycles. The van der Waals surface area contributed by atoms with Crippen LogP contribution >= 0.6 is 22.6 Å². The summed E-state index contributed by atoms with van der Waals surface area (Å²) in [6.45, 7) is 0.829. The van der Waals surface area contributed by atoms with Crippen LogP contribution in [0.3, 0.4) is 0 Å². The molecule has 0 radical (unpaired) electrons. The molecule has 0 atom stereocenters. The molecule has 1 fully saturated rings. The second-order valence-corrected chi connectivity index (χ2v) is 4.00. The van der Waals surface area contributed by atoms with Gasteiger partial charge in [0.2, 0.25) is 0 Å². The minimum atomic E-state index is -0.885. The smallest absolute Gasteiger partial charge is 0.186 e. The van der Waals surface area contributed by atoms with Crippen molar-refractivity contribution in [2.45, 2.75) is 6.29 Å². The largest absolute Gasteiger partial charge is 0.346 e. The Balaban J connectivity index is 2.38. The van der Waals surface area contributed by atoms with Crippen molar-refractivity contribution in [1.29, 1.82) is 0 Å². The molecular weight excluding hydrogens is 305 g/mol. The first kappa shape index (κ1) is 10.3. The normalized spacial score (nSPS) is 17.6. The summed E-state index contributed by atoms with van der Waals surface area (Å²) in [5.41, 5.74) is 0.125. The van der Waals surface area contributed by atoms with Crippen LogP contribution in [0.2, 0.25) is 0 Å². The number of rotatable bonds is 1. The van der Waals surface area contributed by atoms with Crippen molar-refractivity contribution in [3.8, 4) is 0 Å². The van der Waals surface area contributed by atoms with E-state index >= 15 is 0 Å². The fraction of sp³-hybridized carbons (Fsp3) is 0.333. The number of ether oxygens (including phenoxy) is 2. The quantitative estimate of drug-likeness (QED) is 0.586. The molecule has 0 aromatic heterocycles. The number of hydrogen-bond donors (Lipinski definition) is 0. The Labute approximate surface area is 93.3 Å². The van der Waals surface area contributed by atoms with Crippen LogP contribution in [-0.2, 0) is 9.47 Å². The first-order valence-corrected chi connectivity index (χ1v) is 5.14. The van der Waals surface area contributed by atoms with Gasteiger partial charge in [0.15, 0.2) is 17.9 Å². The standard InChI is InChI=1S/C9H7F2IO2/c10-7-5(9-13-3-4-14-9)1-2-6(12)8(7)11/h1-2,9H,3-4H2. The third kappa shape index (κ3) is 1.76. The average Bonchev–Trinajstić information content (AvgIpc) is 2.67. The topological polar surface area (TPSA) is 18.5 Å². The van der Waals surface area contributed by atoms with Crippen LogP contribution in [-0.4, -0.2) is 13.2 Å². The first-order valence-electron chi connectivity index (χ1n) is 4.07. The van der Waals surface area contributed by atoms with Gasteiger partial charge < -0.3 is 9.47 Å². The van der Waals surface area contributed by atoms with Gasteiger partial charge in [-0.1, -0.05) is 0 Å². The van der Waals surface area contributed by atoms with Gasteiger partial charge in [-0.2, -0.15) is 0 Å². The van der Waals surface area contributed by atoms with Gasteiger partial charge in [-0.15, -0.1) is 0 Å². The highest BCUT2D eigenvalue weighted by molar-refractivity contribution is 14.1. The van der Waals surface area contributed by atoms with E-state index in [0.29, 0.717) is 13.2 Å². The second kappa shape index (κ2) is 4.08. The van der Waals surface area contributed by atoms with Gasteiger partial charge in [0.25, 0.3) is 0 Å². The molecule has 2 nitrogen and oxygen atoms in total. The van der Waals surface area contributed by atoms with Crippen LogP contribution in [0.5, 0.6) is 0 Å². The van der Waals surface area contributed by atoms with E-state index in [0.717, 1.165) is 0 Å². The Bertz CT molecular complexity index is 351. The molecule has 14 heavy (non-hydrogen) atoms. The molecule has 0 bridgehead atoms. The number of benzene rings is 1. The highest BCUT2D eigenvalue weighted by atomic mass is 127. The number of halogens is 3. The first-order chi connectivity index (χ1) is 6.70. The van der Waals surface area contributed by atoms with E-state index in [1.165, 1.54) is 12.1 Å². The van der Waals surface area contributed by atoms with Gasteiger partial charge in [0.05, 0.1) is 16.8 Å². The molecule has 0 aliphatic carbocycles. The van der Waals surface area contributed by atoms with Crippen molar-refractivity contribution >= 4 is 22.6 Å². The van der Waals surface area contributed by atoms with Gasteiger partial charge in [-0.05, 0) is 34.7 Å². The van der Waals surface area contributed by atoms with E-state index in [-0.39, 0.29) is 9.13 Å². The highest BCUT2D eigenvalue weighted by Gasteiger charge is 2.24. The fourth-order valence-corrected chi connectivity index (χ4v) is 1.68. The van der Waals surface area contributed by atoms with Crippen molar-refractivity contribution < 1.29 is 18.3 Å². The van der Waals surface area contributed by atoms with E-state index in [4.69, 9.17) is 9.47 Å². The molecule has 0 saturated carbocycles. The Kier molecular flexibility index (Phi) is 2.99. The Morgan fingerprint density at radius 1 is 1.14 bits per heavy atom. The molecule has 1 aliphatic rings. The minimum absolute atomic E-state index is 0.125. The average molecular weight is 312 g/mol. The molecule has 1 aromatic carbocycles. The predicted octanol–water partition coefficient (Wildman–Crippen LogP) is 2.61. The zero-order valence-electron chi connectivity index (χ0n) is 7.10. The van der Waals surface area contributed by atoms with E-state index in [9.17, 15) is 8.78 Å². The fourth-order valence-electron chi connectivity index (χ4n) is 1.26. The van der Waals surface area contributed by atoms with Gasteiger partial charge in [-0.3, -0.25) is 0 Å². The molecule has 0 N–H and O–H groups in total. The summed E-state index contributed by atoms with van der Waals surface area (Å²) in [5, 5.41) is 0. The van der Waals surface area contributed by atoms with Crippen molar-refractivity contribution in [2.75, 3.05) is 13.2 Å². The maximum absolute atomic E-state index is 13.4. The minimum Gasteiger partial charge on any atom is -0.346 e. The third-order valence-electron chi connectivity index (χ3n) is 1.94. The van der Waals surface area contributed by atoms with Crippen molar-refractivity contribution in [3.63, 3.8) is 0 Å². The highest BCUT2D eigenvalue weighted by Crippen LogP contribution is 2.28. The van der Waals surface area contributed by atoms with Crippen LogP contribution in [0.4, 0.5) is 8.78 Å². The molecule has 76 valence electrons.